The summed E-state index contributed by atoms with van der Waals surface area (Å²) in [5.74, 6) is 0.217. The highest BCUT2D eigenvalue weighted by Crippen LogP contribution is 2.21. The number of hydrogen-bond donors (Lipinski definition) is 1. The fourth-order valence-electron chi connectivity index (χ4n) is 3.63. The molecule has 128 valence electrons. The Morgan fingerprint density at radius 2 is 1.96 bits per heavy atom. The normalized spacial score (nSPS) is 25.3. The summed E-state index contributed by atoms with van der Waals surface area (Å²) in [6, 6.07) is 11.6. The van der Waals surface area contributed by atoms with Gasteiger partial charge in [-0.15, -0.1) is 12.4 Å². The standard InChI is InChI=1S/C18H27N3O.ClH/c1-14(15-6-4-3-5-7-15)20(2)18(22)13-21-11-10-16-8-9-17(12-21)19-16;/h3-7,14,16-17,19H,8-13H2,1-2H3;1H. The number of benzene rings is 1. The molecule has 0 saturated carbocycles. The molecule has 2 saturated heterocycles. The summed E-state index contributed by atoms with van der Waals surface area (Å²) in [4.78, 5) is 16.8. The van der Waals surface area contributed by atoms with E-state index < -0.39 is 0 Å². The maximum Gasteiger partial charge on any atom is 0.236 e. The predicted octanol–water partition coefficient (Wildman–Crippen LogP) is 2.45. The number of hydrogen-bond acceptors (Lipinski definition) is 3. The first-order valence-electron chi connectivity index (χ1n) is 8.42. The first kappa shape index (κ1) is 18.2. The number of halogens is 1. The van der Waals surface area contributed by atoms with E-state index in [9.17, 15) is 4.79 Å². The number of nitrogens with one attached hydrogen (secondary N) is 1. The minimum Gasteiger partial charge on any atom is -0.338 e. The van der Waals surface area contributed by atoms with Gasteiger partial charge in [-0.05, 0) is 31.7 Å². The summed E-state index contributed by atoms with van der Waals surface area (Å²) >= 11 is 0. The zero-order valence-electron chi connectivity index (χ0n) is 14.1. The van der Waals surface area contributed by atoms with Gasteiger partial charge in [-0.1, -0.05) is 30.3 Å². The molecule has 2 aliphatic heterocycles. The van der Waals surface area contributed by atoms with E-state index >= 15 is 0 Å². The Labute approximate surface area is 145 Å². The minimum atomic E-state index is 0. The van der Waals surface area contributed by atoms with Crippen LogP contribution in [0.1, 0.15) is 37.8 Å². The lowest BCUT2D eigenvalue weighted by Crippen LogP contribution is -2.43. The molecule has 2 bridgehead atoms. The van der Waals surface area contributed by atoms with Crippen molar-refractivity contribution in [1.82, 2.24) is 15.1 Å². The molecule has 0 spiro atoms. The molecule has 1 aromatic carbocycles. The smallest absolute Gasteiger partial charge is 0.236 e. The number of rotatable bonds is 4. The first-order valence-corrected chi connectivity index (χ1v) is 8.42. The Kier molecular flexibility index (Phi) is 6.45. The van der Waals surface area contributed by atoms with Crippen LogP contribution in [0.5, 0.6) is 0 Å². The van der Waals surface area contributed by atoms with Crippen LogP contribution in [0.2, 0.25) is 0 Å². The van der Waals surface area contributed by atoms with Gasteiger partial charge in [0.15, 0.2) is 0 Å². The van der Waals surface area contributed by atoms with Gasteiger partial charge in [-0.2, -0.15) is 0 Å². The van der Waals surface area contributed by atoms with E-state index in [0.29, 0.717) is 18.6 Å². The second-order valence-electron chi connectivity index (χ2n) is 6.75. The third-order valence-electron chi connectivity index (χ3n) is 5.22. The summed E-state index contributed by atoms with van der Waals surface area (Å²) in [6.45, 7) is 4.68. The fraction of sp³-hybridized carbons (Fsp3) is 0.611. The number of likely N-dealkylation sites (tertiary alicyclic amines) is 1. The molecular weight excluding hydrogens is 310 g/mol. The molecule has 2 fully saturated rings. The van der Waals surface area contributed by atoms with Gasteiger partial charge in [0.2, 0.25) is 5.91 Å². The second kappa shape index (κ2) is 8.13. The molecule has 0 aromatic heterocycles. The Balaban J connectivity index is 0.00000192. The van der Waals surface area contributed by atoms with Crippen LogP contribution >= 0.6 is 12.4 Å². The summed E-state index contributed by atoms with van der Waals surface area (Å²) in [5.41, 5.74) is 1.19. The second-order valence-corrected chi connectivity index (χ2v) is 6.75. The highest BCUT2D eigenvalue weighted by Gasteiger charge is 2.30. The molecule has 1 N–H and O–H groups in total. The number of carbonyl (C=O) groups excluding carboxylic acids is 1. The van der Waals surface area contributed by atoms with Crippen molar-refractivity contribution >= 4 is 18.3 Å². The van der Waals surface area contributed by atoms with E-state index in [-0.39, 0.29) is 24.4 Å². The van der Waals surface area contributed by atoms with E-state index in [2.05, 4.69) is 29.3 Å². The molecular formula is C18H28ClN3O. The maximum absolute atomic E-state index is 12.6. The largest absolute Gasteiger partial charge is 0.338 e. The molecule has 0 aliphatic carbocycles. The van der Waals surface area contributed by atoms with E-state index in [1.54, 1.807) is 0 Å². The average molecular weight is 338 g/mol. The van der Waals surface area contributed by atoms with Crippen LogP contribution in [0.25, 0.3) is 0 Å². The highest BCUT2D eigenvalue weighted by molar-refractivity contribution is 5.85. The van der Waals surface area contributed by atoms with Crippen LogP contribution in [0.4, 0.5) is 0 Å². The van der Waals surface area contributed by atoms with Crippen LogP contribution in [0.3, 0.4) is 0 Å². The molecule has 5 heteroatoms. The summed E-state index contributed by atoms with van der Waals surface area (Å²) in [5, 5.41) is 3.67. The SMILES string of the molecule is CC(c1ccccc1)N(C)C(=O)CN1CCC2CCC(C1)N2.Cl. The Morgan fingerprint density at radius 1 is 1.26 bits per heavy atom. The van der Waals surface area contributed by atoms with Crippen molar-refractivity contribution < 1.29 is 4.79 Å². The third-order valence-corrected chi connectivity index (χ3v) is 5.22. The van der Waals surface area contributed by atoms with Gasteiger partial charge < -0.3 is 10.2 Å². The topological polar surface area (TPSA) is 35.6 Å². The summed E-state index contributed by atoms with van der Waals surface area (Å²) in [6.07, 6.45) is 3.73. The Hall–Kier alpha value is -1.10. The van der Waals surface area contributed by atoms with Crippen LogP contribution in [0.15, 0.2) is 30.3 Å². The Morgan fingerprint density at radius 3 is 2.70 bits per heavy atom. The van der Waals surface area contributed by atoms with Crippen LogP contribution in [-0.4, -0.2) is 54.5 Å². The number of nitrogens with zero attached hydrogens (tertiary/aromatic N) is 2. The zero-order valence-corrected chi connectivity index (χ0v) is 14.9. The van der Waals surface area contributed by atoms with Gasteiger partial charge in [-0.3, -0.25) is 9.69 Å². The van der Waals surface area contributed by atoms with E-state index in [1.807, 2.05) is 30.1 Å². The predicted molar refractivity (Wildman–Crippen MR) is 95.9 cm³/mol. The third kappa shape index (κ3) is 4.46. The zero-order chi connectivity index (χ0) is 15.5. The van der Waals surface area contributed by atoms with Gasteiger partial charge in [0.1, 0.15) is 0 Å². The van der Waals surface area contributed by atoms with Gasteiger partial charge in [0, 0.05) is 32.2 Å². The van der Waals surface area contributed by atoms with Crippen molar-refractivity contribution in [2.24, 2.45) is 0 Å². The minimum absolute atomic E-state index is 0. The maximum atomic E-state index is 12.6. The van der Waals surface area contributed by atoms with Crippen molar-refractivity contribution in [1.29, 1.82) is 0 Å². The molecule has 3 atom stereocenters. The summed E-state index contributed by atoms with van der Waals surface area (Å²) < 4.78 is 0. The lowest BCUT2D eigenvalue weighted by Gasteiger charge is -2.29. The van der Waals surface area contributed by atoms with Crippen molar-refractivity contribution in [3.8, 4) is 0 Å². The van der Waals surface area contributed by atoms with Crippen molar-refractivity contribution in [3.63, 3.8) is 0 Å². The molecule has 2 heterocycles. The van der Waals surface area contributed by atoms with Crippen molar-refractivity contribution in [3.05, 3.63) is 35.9 Å². The molecule has 23 heavy (non-hydrogen) atoms. The molecule has 4 nitrogen and oxygen atoms in total. The van der Waals surface area contributed by atoms with E-state index in [1.165, 1.54) is 24.8 Å². The van der Waals surface area contributed by atoms with Gasteiger partial charge in [0.05, 0.1) is 12.6 Å². The number of amides is 1. The lowest BCUT2D eigenvalue weighted by molar-refractivity contribution is -0.133. The quantitative estimate of drug-likeness (QED) is 0.916. The fourth-order valence-corrected chi connectivity index (χ4v) is 3.63. The van der Waals surface area contributed by atoms with Gasteiger partial charge >= 0.3 is 0 Å². The van der Waals surface area contributed by atoms with Gasteiger partial charge in [0.25, 0.3) is 0 Å². The monoisotopic (exact) mass is 337 g/mol. The molecule has 2 aliphatic rings. The first-order chi connectivity index (χ1) is 10.6. The van der Waals surface area contributed by atoms with E-state index in [4.69, 9.17) is 0 Å². The van der Waals surface area contributed by atoms with Gasteiger partial charge in [-0.25, -0.2) is 0 Å². The average Bonchev–Trinajstić information content (AvgIpc) is 2.88. The van der Waals surface area contributed by atoms with Crippen LogP contribution in [0, 0.1) is 0 Å². The molecule has 3 rings (SSSR count). The summed E-state index contributed by atoms with van der Waals surface area (Å²) in [7, 11) is 1.92. The number of fused-ring (bicyclic) bond motifs is 2. The number of likely N-dealkylation sites (N-methyl/N-ethyl adjacent to an activating group) is 1. The number of carbonyl (C=O) groups is 1. The van der Waals surface area contributed by atoms with Crippen LogP contribution in [-0.2, 0) is 4.79 Å². The molecule has 1 aromatic rings. The van der Waals surface area contributed by atoms with Crippen LogP contribution < -0.4 is 5.32 Å². The molecule has 1 amide bonds. The van der Waals surface area contributed by atoms with Crippen molar-refractivity contribution in [2.45, 2.75) is 44.3 Å². The molecule has 0 radical (unpaired) electrons. The van der Waals surface area contributed by atoms with E-state index in [0.717, 1.165) is 13.1 Å². The Bertz CT molecular complexity index is 510. The van der Waals surface area contributed by atoms with Crippen molar-refractivity contribution in [2.75, 3.05) is 26.7 Å². The highest BCUT2D eigenvalue weighted by atomic mass is 35.5. The lowest BCUT2D eigenvalue weighted by atomic mass is 10.1. The molecule has 3 unspecified atom stereocenters.